The number of anilines is 2. The largest absolute Gasteiger partial charge is 0.495 e. The van der Waals surface area contributed by atoms with Gasteiger partial charge in [-0.25, -0.2) is 4.98 Å². The molecule has 0 aliphatic rings. The Balaban J connectivity index is 1.61. The molecule has 9 nitrogen and oxygen atoms in total. The van der Waals surface area contributed by atoms with Crippen LogP contribution < -0.4 is 25.3 Å². The zero-order valence-corrected chi connectivity index (χ0v) is 19.0. The topological polar surface area (TPSA) is 114 Å². The molecule has 0 bridgehead atoms. The fraction of sp³-hybridized carbons (Fsp3) is 0.174. The number of primary amides is 1. The number of nitrogens with zero attached hydrogens (tertiary/aromatic N) is 3. The van der Waals surface area contributed by atoms with E-state index < -0.39 is 5.91 Å². The van der Waals surface area contributed by atoms with Crippen LogP contribution in [-0.2, 0) is 18.3 Å². The van der Waals surface area contributed by atoms with Gasteiger partial charge in [0.15, 0.2) is 0 Å². The lowest BCUT2D eigenvalue weighted by Crippen LogP contribution is -2.14. The summed E-state index contributed by atoms with van der Waals surface area (Å²) in [6.45, 7) is 0. The number of pyridine rings is 1. The highest BCUT2D eigenvalue weighted by molar-refractivity contribution is 6.32. The van der Waals surface area contributed by atoms with Gasteiger partial charge in [0.05, 0.1) is 48.1 Å². The van der Waals surface area contributed by atoms with E-state index in [1.54, 1.807) is 44.7 Å². The number of carbonyl (C=O) groups excluding carboxylic acids is 1. The molecule has 4 rings (SSSR count). The smallest absolute Gasteiger partial charge is 0.223 e. The van der Waals surface area contributed by atoms with Crippen molar-refractivity contribution < 1.29 is 19.0 Å². The van der Waals surface area contributed by atoms with Gasteiger partial charge in [0.1, 0.15) is 23.0 Å². The molecule has 0 atom stereocenters. The minimum atomic E-state index is -0.454. The van der Waals surface area contributed by atoms with E-state index in [4.69, 9.17) is 31.5 Å². The van der Waals surface area contributed by atoms with Gasteiger partial charge in [0.25, 0.3) is 0 Å². The zero-order chi connectivity index (χ0) is 23.5. The second-order valence-corrected chi connectivity index (χ2v) is 7.59. The minimum Gasteiger partial charge on any atom is -0.495 e. The molecule has 2 aromatic carbocycles. The molecular weight excluding hydrogens is 446 g/mol. The number of rotatable bonds is 8. The Labute approximate surface area is 195 Å². The first-order valence-corrected chi connectivity index (χ1v) is 10.3. The number of amides is 1. The van der Waals surface area contributed by atoms with E-state index in [0.717, 1.165) is 11.0 Å². The Morgan fingerprint density at radius 3 is 2.58 bits per heavy atom. The van der Waals surface area contributed by atoms with Crippen molar-refractivity contribution in [3.05, 3.63) is 59.4 Å². The summed E-state index contributed by atoms with van der Waals surface area (Å²) >= 11 is 6.29. The van der Waals surface area contributed by atoms with Gasteiger partial charge in [-0.1, -0.05) is 11.6 Å². The second-order valence-electron chi connectivity index (χ2n) is 7.19. The van der Waals surface area contributed by atoms with Crippen molar-refractivity contribution in [1.29, 1.82) is 0 Å². The predicted octanol–water partition coefficient (Wildman–Crippen LogP) is 4.20. The first kappa shape index (κ1) is 22.2. The number of ether oxygens (including phenoxy) is 3. The number of aryl methyl sites for hydroxylation is 1. The van der Waals surface area contributed by atoms with Gasteiger partial charge in [0.2, 0.25) is 11.9 Å². The summed E-state index contributed by atoms with van der Waals surface area (Å²) in [6, 6.07) is 12.4. The normalized spacial score (nSPS) is 10.8. The molecule has 0 aliphatic heterocycles. The van der Waals surface area contributed by atoms with Crippen LogP contribution in [0.4, 0.5) is 11.6 Å². The van der Waals surface area contributed by atoms with E-state index in [1.165, 1.54) is 0 Å². The Kier molecular flexibility index (Phi) is 6.23. The number of nitrogens with one attached hydrogen (secondary N) is 1. The van der Waals surface area contributed by atoms with Gasteiger partial charge in [0, 0.05) is 31.4 Å². The van der Waals surface area contributed by atoms with Crippen LogP contribution in [0.15, 0.2) is 48.7 Å². The fourth-order valence-corrected chi connectivity index (χ4v) is 3.60. The molecule has 2 aromatic heterocycles. The molecule has 0 spiro atoms. The van der Waals surface area contributed by atoms with Crippen LogP contribution in [0.5, 0.6) is 23.0 Å². The van der Waals surface area contributed by atoms with Crippen molar-refractivity contribution in [2.45, 2.75) is 6.42 Å². The third kappa shape index (κ3) is 4.78. The maximum Gasteiger partial charge on any atom is 0.223 e. The maximum atomic E-state index is 11.1. The monoisotopic (exact) mass is 467 g/mol. The number of halogens is 1. The van der Waals surface area contributed by atoms with Crippen molar-refractivity contribution in [1.82, 2.24) is 14.5 Å². The highest BCUT2D eigenvalue weighted by Gasteiger charge is 2.14. The molecule has 170 valence electrons. The Bertz CT molecular complexity index is 1340. The number of fused-ring (bicyclic) bond motifs is 1. The standard InChI is InChI=1S/C23H22ClN5O4/c1-29-19-5-4-14(33-15-6-7-26-13(8-15)9-22(25)30)10-17(19)27-23(29)28-18-11-16(24)20(31-2)12-21(18)32-3/h4-8,10-12H,9H2,1-3H3,(H2,25,30)(H,27,28). The van der Waals surface area contributed by atoms with Gasteiger partial charge in [-0.3, -0.25) is 9.78 Å². The van der Waals surface area contributed by atoms with Gasteiger partial charge in [-0.05, 0) is 24.3 Å². The highest BCUT2D eigenvalue weighted by Crippen LogP contribution is 2.37. The van der Waals surface area contributed by atoms with Gasteiger partial charge in [-0.2, -0.15) is 0 Å². The number of carbonyl (C=O) groups is 1. The molecule has 0 saturated carbocycles. The summed E-state index contributed by atoms with van der Waals surface area (Å²) < 4.78 is 18.6. The highest BCUT2D eigenvalue weighted by atomic mass is 35.5. The molecule has 0 saturated heterocycles. The average Bonchev–Trinajstić information content (AvgIpc) is 3.08. The lowest BCUT2D eigenvalue weighted by atomic mass is 10.2. The Hall–Kier alpha value is -3.98. The van der Waals surface area contributed by atoms with Crippen LogP contribution in [0.25, 0.3) is 11.0 Å². The Morgan fingerprint density at radius 1 is 1.09 bits per heavy atom. The lowest BCUT2D eigenvalue weighted by Gasteiger charge is -2.13. The number of benzene rings is 2. The van der Waals surface area contributed by atoms with Crippen LogP contribution in [0.1, 0.15) is 5.69 Å². The number of methoxy groups -OCH3 is 2. The quantitative estimate of drug-likeness (QED) is 0.399. The van der Waals surface area contributed by atoms with Crippen molar-refractivity contribution in [2.24, 2.45) is 12.8 Å². The molecular formula is C23H22ClN5O4. The van der Waals surface area contributed by atoms with Crippen molar-refractivity contribution >= 4 is 40.2 Å². The van der Waals surface area contributed by atoms with E-state index in [-0.39, 0.29) is 6.42 Å². The summed E-state index contributed by atoms with van der Waals surface area (Å²) in [5.41, 5.74) is 8.05. The van der Waals surface area contributed by atoms with E-state index in [0.29, 0.717) is 45.4 Å². The van der Waals surface area contributed by atoms with Crippen LogP contribution in [0.3, 0.4) is 0 Å². The molecule has 1 amide bonds. The third-order valence-corrected chi connectivity index (χ3v) is 5.25. The number of imidazole rings is 1. The lowest BCUT2D eigenvalue weighted by molar-refractivity contribution is -0.117. The van der Waals surface area contributed by atoms with Crippen LogP contribution in [0.2, 0.25) is 5.02 Å². The molecule has 3 N–H and O–H groups in total. The number of aromatic nitrogens is 3. The summed E-state index contributed by atoms with van der Waals surface area (Å²) in [4.78, 5) is 20.0. The van der Waals surface area contributed by atoms with Crippen molar-refractivity contribution in [3.8, 4) is 23.0 Å². The van der Waals surface area contributed by atoms with Crippen LogP contribution in [0, 0.1) is 0 Å². The number of nitrogens with two attached hydrogens (primary N) is 1. The molecule has 4 aromatic rings. The van der Waals surface area contributed by atoms with Crippen LogP contribution >= 0.6 is 11.6 Å². The summed E-state index contributed by atoms with van der Waals surface area (Å²) in [6.07, 6.45) is 1.62. The molecule has 0 radical (unpaired) electrons. The molecule has 2 heterocycles. The predicted molar refractivity (Wildman–Crippen MR) is 126 cm³/mol. The zero-order valence-electron chi connectivity index (χ0n) is 18.3. The SMILES string of the molecule is COc1cc(OC)c(Nc2nc3cc(Oc4ccnc(CC(N)=O)c4)ccc3n2C)cc1Cl. The van der Waals surface area contributed by atoms with Crippen molar-refractivity contribution in [2.75, 3.05) is 19.5 Å². The van der Waals surface area contributed by atoms with Gasteiger partial charge in [-0.15, -0.1) is 0 Å². The maximum absolute atomic E-state index is 11.1. The number of hydrogen-bond acceptors (Lipinski definition) is 7. The van der Waals surface area contributed by atoms with E-state index in [2.05, 4.69) is 15.3 Å². The van der Waals surface area contributed by atoms with Crippen LogP contribution in [-0.4, -0.2) is 34.7 Å². The van der Waals surface area contributed by atoms with E-state index in [1.807, 2.05) is 29.8 Å². The van der Waals surface area contributed by atoms with Gasteiger partial charge >= 0.3 is 0 Å². The molecule has 0 aliphatic carbocycles. The summed E-state index contributed by atoms with van der Waals surface area (Å²) in [7, 11) is 5.01. The third-order valence-electron chi connectivity index (χ3n) is 4.95. The van der Waals surface area contributed by atoms with E-state index in [9.17, 15) is 4.79 Å². The molecule has 10 heteroatoms. The second kappa shape index (κ2) is 9.25. The minimum absolute atomic E-state index is 0.0460. The molecule has 0 fully saturated rings. The van der Waals surface area contributed by atoms with Gasteiger partial charge < -0.3 is 29.8 Å². The molecule has 33 heavy (non-hydrogen) atoms. The first-order valence-electron chi connectivity index (χ1n) is 9.94. The summed E-state index contributed by atoms with van der Waals surface area (Å²) in [5.74, 6) is 2.36. The summed E-state index contributed by atoms with van der Waals surface area (Å²) in [5, 5.41) is 3.71. The van der Waals surface area contributed by atoms with E-state index >= 15 is 0 Å². The first-order chi connectivity index (χ1) is 15.9. The molecule has 0 unspecified atom stereocenters. The average molecular weight is 468 g/mol. The number of hydrogen-bond donors (Lipinski definition) is 2. The van der Waals surface area contributed by atoms with Crippen molar-refractivity contribution in [3.63, 3.8) is 0 Å². The fourth-order valence-electron chi connectivity index (χ4n) is 3.36. The Morgan fingerprint density at radius 2 is 1.85 bits per heavy atom.